The molecule has 0 spiro atoms. The number of rotatable bonds is 3. The second-order valence-corrected chi connectivity index (χ2v) is 3.88. The molecule has 1 aromatic rings. The second-order valence-electron chi connectivity index (χ2n) is 2.66. The molecule has 0 aliphatic heterocycles. The van der Waals surface area contributed by atoms with Gasteiger partial charge in [0.25, 0.3) is 0 Å². The Morgan fingerprint density at radius 1 is 1.33 bits per heavy atom. The van der Waals surface area contributed by atoms with Gasteiger partial charge in [-0.15, -0.1) is 11.1 Å². The minimum absolute atomic E-state index is 0.329. The standard InChI is InChI=1S/C9H12ClNSi/c1-3-11(12-10)9-6-4-8(2)5-7-9/h4-7H,3H2,1-2H3. The smallest absolute Gasteiger partial charge is 0.311 e. The predicted molar refractivity (Wildman–Crippen MR) is 55.8 cm³/mol. The Labute approximate surface area is 80.9 Å². The van der Waals surface area contributed by atoms with Crippen molar-refractivity contribution in [3.63, 3.8) is 0 Å². The van der Waals surface area contributed by atoms with Crippen LogP contribution >= 0.6 is 11.1 Å². The first-order chi connectivity index (χ1) is 5.77. The molecule has 0 saturated heterocycles. The molecule has 64 valence electrons. The summed E-state index contributed by atoms with van der Waals surface area (Å²) in [7, 11) is 0.329. The molecule has 0 heterocycles. The second kappa shape index (κ2) is 4.53. The van der Waals surface area contributed by atoms with Gasteiger partial charge in [-0.1, -0.05) is 17.7 Å². The fraction of sp³-hybridized carbons (Fsp3) is 0.333. The van der Waals surface area contributed by atoms with E-state index in [0.29, 0.717) is 8.99 Å². The van der Waals surface area contributed by atoms with Crippen LogP contribution in [0.2, 0.25) is 0 Å². The van der Waals surface area contributed by atoms with Crippen molar-refractivity contribution >= 4 is 25.8 Å². The zero-order chi connectivity index (χ0) is 8.97. The average molecular weight is 198 g/mol. The lowest BCUT2D eigenvalue weighted by Gasteiger charge is -2.18. The van der Waals surface area contributed by atoms with Gasteiger partial charge in [-0.05, 0) is 26.0 Å². The summed E-state index contributed by atoms with van der Waals surface area (Å²) < 4.78 is 2.14. The number of aryl methyl sites for hydroxylation is 1. The van der Waals surface area contributed by atoms with E-state index in [2.05, 4.69) is 42.7 Å². The van der Waals surface area contributed by atoms with Crippen LogP contribution in [0.15, 0.2) is 24.3 Å². The van der Waals surface area contributed by atoms with Crippen LogP contribution in [0.1, 0.15) is 12.5 Å². The van der Waals surface area contributed by atoms with E-state index in [1.54, 1.807) is 0 Å². The number of hydrogen-bond acceptors (Lipinski definition) is 1. The Balaban J connectivity index is 2.80. The highest BCUT2D eigenvalue weighted by Crippen LogP contribution is 2.13. The van der Waals surface area contributed by atoms with Crippen molar-refractivity contribution in [2.45, 2.75) is 13.8 Å². The summed E-state index contributed by atoms with van der Waals surface area (Å²) in [6, 6.07) is 8.42. The number of hydrogen-bond donors (Lipinski definition) is 0. The van der Waals surface area contributed by atoms with E-state index < -0.39 is 0 Å². The van der Waals surface area contributed by atoms with Gasteiger partial charge >= 0.3 is 8.99 Å². The molecule has 1 nitrogen and oxygen atoms in total. The Kier molecular flexibility index (Phi) is 3.63. The van der Waals surface area contributed by atoms with Crippen LogP contribution < -0.4 is 4.57 Å². The molecular formula is C9H12ClNSi. The van der Waals surface area contributed by atoms with Crippen LogP contribution in [0.5, 0.6) is 0 Å². The SMILES string of the molecule is CCN([Si]Cl)c1ccc(C)cc1. The number of benzene rings is 1. The third-order valence-electron chi connectivity index (χ3n) is 1.76. The van der Waals surface area contributed by atoms with Crippen LogP contribution in [-0.2, 0) is 0 Å². The van der Waals surface area contributed by atoms with Crippen molar-refractivity contribution in [3.8, 4) is 0 Å². The van der Waals surface area contributed by atoms with Gasteiger partial charge in [0.15, 0.2) is 0 Å². The van der Waals surface area contributed by atoms with E-state index >= 15 is 0 Å². The van der Waals surface area contributed by atoms with E-state index in [-0.39, 0.29) is 0 Å². The minimum Gasteiger partial charge on any atom is -0.386 e. The summed E-state index contributed by atoms with van der Waals surface area (Å²) >= 11 is 5.80. The third-order valence-corrected chi connectivity index (χ3v) is 3.15. The Bertz CT molecular complexity index is 231. The molecule has 2 radical (unpaired) electrons. The van der Waals surface area contributed by atoms with Crippen LogP contribution in [-0.4, -0.2) is 15.5 Å². The number of halogens is 1. The molecular weight excluding hydrogens is 186 g/mol. The van der Waals surface area contributed by atoms with Crippen molar-refractivity contribution in [1.82, 2.24) is 0 Å². The third kappa shape index (κ3) is 2.25. The molecule has 3 heteroatoms. The zero-order valence-electron chi connectivity index (χ0n) is 7.34. The van der Waals surface area contributed by atoms with Crippen LogP contribution in [0.4, 0.5) is 5.69 Å². The summed E-state index contributed by atoms with van der Waals surface area (Å²) in [4.78, 5) is 0. The van der Waals surface area contributed by atoms with Gasteiger partial charge < -0.3 is 4.57 Å². The Morgan fingerprint density at radius 2 is 1.92 bits per heavy atom. The molecule has 0 saturated carbocycles. The number of nitrogens with zero attached hydrogens (tertiary/aromatic N) is 1. The normalized spacial score (nSPS) is 9.92. The summed E-state index contributed by atoms with van der Waals surface area (Å²) in [5.74, 6) is 0. The highest BCUT2D eigenvalue weighted by atomic mass is 35.6. The fourth-order valence-electron chi connectivity index (χ4n) is 1.02. The maximum Gasteiger partial charge on any atom is 0.311 e. The van der Waals surface area contributed by atoms with Crippen molar-refractivity contribution in [2.24, 2.45) is 0 Å². The summed E-state index contributed by atoms with van der Waals surface area (Å²) in [5.41, 5.74) is 2.49. The fourth-order valence-corrected chi connectivity index (χ4v) is 2.03. The zero-order valence-corrected chi connectivity index (χ0v) is 9.10. The van der Waals surface area contributed by atoms with E-state index in [4.69, 9.17) is 11.1 Å². The average Bonchev–Trinajstić information content (AvgIpc) is 2.10. The molecule has 0 unspecified atom stereocenters. The van der Waals surface area contributed by atoms with Gasteiger partial charge in [-0.3, -0.25) is 0 Å². The minimum atomic E-state index is 0.329. The van der Waals surface area contributed by atoms with Gasteiger partial charge in [-0.25, -0.2) is 0 Å². The Hall–Kier alpha value is -0.473. The molecule has 0 N–H and O–H groups in total. The van der Waals surface area contributed by atoms with Crippen LogP contribution in [0.25, 0.3) is 0 Å². The highest BCUT2D eigenvalue weighted by molar-refractivity contribution is 6.95. The number of anilines is 1. The Morgan fingerprint density at radius 3 is 2.33 bits per heavy atom. The van der Waals surface area contributed by atoms with Gasteiger partial charge in [0, 0.05) is 12.2 Å². The first-order valence-electron chi connectivity index (χ1n) is 3.98. The van der Waals surface area contributed by atoms with E-state index in [0.717, 1.165) is 6.54 Å². The van der Waals surface area contributed by atoms with Crippen LogP contribution in [0.3, 0.4) is 0 Å². The van der Waals surface area contributed by atoms with Crippen molar-refractivity contribution < 1.29 is 0 Å². The molecule has 0 bridgehead atoms. The maximum absolute atomic E-state index is 5.80. The van der Waals surface area contributed by atoms with Gasteiger partial charge in [-0.2, -0.15) is 0 Å². The quantitative estimate of drug-likeness (QED) is 0.532. The molecule has 0 aliphatic rings. The van der Waals surface area contributed by atoms with E-state index in [1.807, 2.05) is 0 Å². The lowest BCUT2D eigenvalue weighted by atomic mass is 10.2. The molecule has 0 amide bonds. The van der Waals surface area contributed by atoms with Crippen molar-refractivity contribution in [1.29, 1.82) is 0 Å². The summed E-state index contributed by atoms with van der Waals surface area (Å²) in [6.07, 6.45) is 0. The van der Waals surface area contributed by atoms with Crippen LogP contribution in [0, 0.1) is 6.92 Å². The molecule has 1 aromatic carbocycles. The molecule has 1 rings (SSSR count). The predicted octanol–water partition coefficient (Wildman–Crippen LogP) is 2.59. The first kappa shape index (κ1) is 9.61. The lowest BCUT2D eigenvalue weighted by Crippen LogP contribution is -2.23. The van der Waals surface area contributed by atoms with Gasteiger partial charge in [0.1, 0.15) is 0 Å². The monoisotopic (exact) mass is 197 g/mol. The molecule has 0 aliphatic carbocycles. The van der Waals surface area contributed by atoms with Crippen molar-refractivity contribution in [2.75, 3.05) is 11.1 Å². The maximum atomic E-state index is 5.80. The van der Waals surface area contributed by atoms with E-state index in [9.17, 15) is 0 Å². The molecule has 12 heavy (non-hydrogen) atoms. The molecule has 0 aromatic heterocycles. The largest absolute Gasteiger partial charge is 0.386 e. The van der Waals surface area contributed by atoms with E-state index in [1.165, 1.54) is 11.3 Å². The highest BCUT2D eigenvalue weighted by Gasteiger charge is 2.01. The summed E-state index contributed by atoms with van der Waals surface area (Å²) in [6.45, 7) is 5.16. The summed E-state index contributed by atoms with van der Waals surface area (Å²) in [5, 5.41) is 0. The molecule has 0 atom stereocenters. The molecule has 0 fully saturated rings. The van der Waals surface area contributed by atoms with Crippen molar-refractivity contribution in [3.05, 3.63) is 29.8 Å². The van der Waals surface area contributed by atoms with Gasteiger partial charge in [0.2, 0.25) is 0 Å². The van der Waals surface area contributed by atoms with Gasteiger partial charge in [0.05, 0.1) is 0 Å². The topological polar surface area (TPSA) is 3.24 Å². The first-order valence-corrected chi connectivity index (χ1v) is 5.94. The lowest BCUT2D eigenvalue weighted by molar-refractivity contribution is 1.09.